The van der Waals surface area contributed by atoms with Crippen LogP contribution < -0.4 is 11.1 Å². The van der Waals surface area contributed by atoms with Gasteiger partial charge in [-0.3, -0.25) is 4.79 Å². The van der Waals surface area contributed by atoms with Crippen molar-refractivity contribution in [3.63, 3.8) is 0 Å². The molecule has 2 aromatic rings. The zero-order chi connectivity index (χ0) is 15.2. The number of carbonyl (C=O) groups excluding carboxylic acids is 1. The smallest absolute Gasteiger partial charge is 0.251 e. The Morgan fingerprint density at radius 3 is 2.62 bits per heavy atom. The molecule has 0 aliphatic heterocycles. The maximum Gasteiger partial charge on any atom is 0.251 e. The van der Waals surface area contributed by atoms with Gasteiger partial charge in [0.2, 0.25) is 0 Å². The number of aromatic hydroxyl groups is 1. The van der Waals surface area contributed by atoms with Crippen LogP contribution in [0.4, 0.5) is 0 Å². The van der Waals surface area contributed by atoms with E-state index in [0.717, 1.165) is 5.56 Å². The third-order valence-electron chi connectivity index (χ3n) is 3.18. The lowest BCUT2D eigenvalue weighted by Crippen LogP contribution is -2.27. The third-order valence-corrected chi connectivity index (χ3v) is 3.48. The second-order valence-electron chi connectivity index (χ2n) is 4.73. The Kier molecular flexibility index (Phi) is 5.20. The fraction of sp³-hybridized carbons (Fsp3) is 0.188. The number of benzene rings is 2. The number of phenolic OH excluding ortho intramolecular Hbond substituents is 1. The van der Waals surface area contributed by atoms with Crippen molar-refractivity contribution in [1.29, 1.82) is 0 Å². The van der Waals surface area contributed by atoms with Crippen LogP contribution >= 0.6 is 11.6 Å². The van der Waals surface area contributed by atoms with Crippen LogP contribution in [0.1, 0.15) is 28.4 Å². The SMILES string of the molecule is NC(CCNC(=O)c1ccc(O)c(Cl)c1)c1ccccc1. The summed E-state index contributed by atoms with van der Waals surface area (Å²) in [6, 6.07) is 14.0. The standard InChI is InChI=1S/C16H17ClN2O2/c17-13-10-12(6-7-15(13)20)16(21)19-9-8-14(18)11-4-2-1-3-5-11/h1-7,10,14,20H,8-9,18H2,(H,19,21). The summed E-state index contributed by atoms with van der Waals surface area (Å²) in [7, 11) is 0. The number of nitrogens with two attached hydrogens (primary N) is 1. The van der Waals surface area contributed by atoms with E-state index in [-0.39, 0.29) is 22.7 Å². The molecular formula is C16H17ClN2O2. The Morgan fingerprint density at radius 1 is 1.24 bits per heavy atom. The molecule has 0 heterocycles. The van der Waals surface area contributed by atoms with Crippen LogP contribution in [0.25, 0.3) is 0 Å². The minimum Gasteiger partial charge on any atom is -0.506 e. The highest BCUT2D eigenvalue weighted by Crippen LogP contribution is 2.23. The molecule has 0 fully saturated rings. The summed E-state index contributed by atoms with van der Waals surface area (Å²) in [5, 5.41) is 12.3. The normalized spacial score (nSPS) is 11.9. The Balaban J connectivity index is 1.85. The maximum atomic E-state index is 11.9. The number of halogens is 1. The van der Waals surface area contributed by atoms with Crippen LogP contribution in [-0.4, -0.2) is 17.6 Å². The molecule has 0 aliphatic rings. The quantitative estimate of drug-likeness (QED) is 0.795. The van der Waals surface area contributed by atoms with Crippen LogP contribution in [0.3, 0.4) is 0 Å². The first kappa shape index (κ1) is 15.4. The molecular weight excluding hydrogens is 288 g/mol. The van der Waals surface area contributed by atoms with Crippen molar-refractivity contribution in [2.24, 2.45) is 5.73 Å². The molecule has 1 atom stereocenters. The summed E-state index contributed by atoms with van der Waals surface area (Å²) in [6.07, 6.45) is 0.640. The summed E-state index contributed by atoms with van der Waals surface area (Å²) >= 11 is 5.77. The molecule has 21 heavy (non-hydrogen) atoms. The first-order chi connectivity index (χ1) is 10.1. The van der Waals surface area contributed by atoms with E-state index in [2.05, 4.69) is 5.32 Å². The van der Waals surface area contributed by atoms with Crippen molar-refractivity contribution < 1.29 is 9.90 Å². The van der Waals surface area contributed by atoms with E-state index in [0.29, 0.717) is 18.5 Å². The number of phenols is 1. The first-order valence-corrected chi connectivity index (χ1v) is 7.03. The van der Waals surface area contributed by atoms with E-state index >= 15 is 0 Å². The summed E-state index contributed by atoms with van der Waals surface area (Å²) in [6.45, 7) is 0.466. The molecule has 0 bridgehead atoms. The van der Waals surface area contributed by atoms with E-state index in [9.17, 15) is 9.90 Å². The average molecular weight is 305 g/mol. The van der Waals surface area contributed by atoms with Crippen molar-refractivity contribution in [2.75, 3.05) is 6.54 Å². The molecule has 0 aliphatic carbocycles. The fourth-order valence-corrected chi connectivity index (χ4v) is 2.14. The summed E-state index contributed by atoms with van der Waals surface area (Å²) < 4.78 is 0. The third kappa shape index (κ3) is 4.21. The molecule has 4 N–H and O–H groups in total. The molecule has 0 saturated carbocycles. The molecule has 110 valence electrons. The average Bonchev–Trinajstić information content (AvgIpc) is 2.50. The molecule has 0 spiro atoms. The zero-order valence-electron chi connectivity index (χ0n) is 11.4. The maximum absolute atomic E-state index is 11.9. The lowest BCUT2D eigenvalue weighted by molar-refractivity contribution is 0.0952. The number of hydrogen-bond donors (Lipinski definition) is 3. The molecule has 2 rings (SSSR count). The van der Waals surface area contributed by atoms with Crippen molar-refractivity contribution in [3.05, 3.63) is 64.7 Å². The molecule has 1 unspecified atom stereocenters. The Bertz CT molecular complexity index is 617. The van der Waals surface area contributed by atoms with Crippen LogP contribution in [0.5, 0.6) is 5.75 Å². The van der Waals surface area contributed by atoms with Gasteiger partial charge in [-0.1, -0.05) is 41.9 Å². The zero-order valence-corrected chi connectivity index (χ0v) is 12.2. The van der Waals surface area contributed by atoms with Gasteiger partial charge in [0.05, 0.1) is 5.02 Å². The summed E-state index contributed by atoms with van der Waals surface area (Å²) in [4.78, 5) is 11.9. The van der Waals surface area contributed by atoms with Crippen LogP contribution in [0, 0.1) is 0 Å². The van der Waals surface area contributed by atoms with Gasteiger partial charge in [0.15, 0.2) is 0 Å². The van der Waals surface area contributed by atoms with E-state index in [4.69, 9.17) is 17.3 Å². The molecule has 2 aromatic carbocycles. The number of amides is 1. The van der Waals surface area contributed by atoms with E-state index in [1.807, 2.05) is 30.3 Å². The van der Waals surface area contributed by atoms with Gasteiger partial charge in [-0.2, -0.15) is 0 Å². The number of nitrogens with one attached hydrogen (secondary N) is 1. The van der Waals surface area contributed by atoms with Crippen molar-refractivity contribution in [1.82, 2.24) is 5.32 Å². The second kappa shape index (κ2) is 7.11. The van der Waals surface area contributed by atoms with E-state index in [1.54, 1.807) is 0 Å². The molecule has 1 amide bonds. The minimum absolute atomic E-state index is 0.0423. The molecule has 0 radical (unpaired) electrons. The number of carbonyl (C=O) groups is 1. The molecule has 5 heteroatoms. The van der Waals surface area contributed by atoms with Crippen LogP contribution in [0.2, 0.25) is 5.02 Å². The van der Waals surface area contributed by atoms with Gasteiger partial charge in [0, 0.05) is 18.2 Å². The van der Waals surface area contributed by atoms with Crippen molar-refractivity contribution in [2.45, 2.75) is 12.5 Å². The highest BCUT2D eigenvalue weighted by atomic mass is 35.5. The number of rotatable bonds is 5. The van der Waals surface area contributed by atoms with E-state index < -0.39 is 0 Å². The predicted octanol–water partition coefficient (Wildman–Crippen LogP) is 2.87. The summed E-state index contributed by atoms with van der Waals surface area (Å²) in [5.41, 5.74) is 7.51. The topological polar surface area (TPSA) is 75.3 Å². The van der Waals surface area contributed by atoms with Gasteiger partial charge in [-0.25, -0.2) is 0 Å². The van der Waals surface area contributed by atoms with Crippen LogP contribution in [0.15, 0.2) is 48.5 Å². The lowest BCUT2D eigenvalue weighted by Gasteiger charge is -2.12. The van der Waals surface area contributed by atoms with E-state index in [1.165, 1.54) is 18.2 Å². The Labute approximate surface area is 128 Å². The highest BCUT2D eigenvalue weighted by Gasteiger charge is 2.09. The fourth-order valence-electron chi connectivity index (χ4n) is 1.96. The van der Waals surface area contributed by atoms with Crippen molar-refractivity contribution >= 4 is 17.5 Å². The lowest BCUT2D eigenvalue weighted by atomic mass is 10.1. The molecule has 0 saturated heterocycles. The van der Waals surface area contributed by atoms with Gasteiger partial charge in [-0.05, 0) is 30.2 Å². The highest BCUT2D eigenvalue weighted by molar-refractivity contribution is 6.32. The van der Waals surface area contributed by atoms with Crippen LogP contribution in [-0.2, 0) is 0 Å². The molecule has 0 aromatic heterocycles. The van der Waals surface area contributed by atoms with Gasteiger partial charge < -0.3 is 16.2 Å². The minimum atomic E-state index is -0.239. The van der Waals surface area contributed by atoms with Crippen molar-refractivity contribution in [3.8, 4) is 5.75 Å². The second-order valence-corrected chi connectivity index (χ2v) is 5.14. The Hall–Kier alpha value is -2.04. The monoisotopic (exact) mass is 304 g/mol. The van der Waals surface area contributed by atoms with Gasteiger partial charge in [0.1, 0.15) is 5.75 Å². The van der Waals surface area contributed by atoms with Gasteiger partial charge in [0.25, 0.3) is 5.91 Å². The number of hydrogen-bond acceptors (Lipinski definition) is 3. The largest absolute Gasteiger partial charge is 0.506 e. The predicted molar refractivity (Wildman–Crippen MR) is 83.4 cm³/mol. The van der Waals surface area contributed by atoms with Gasteiger partial charge in [-0.15, -0.1) is 0 Å². The summed E-state index contributed by atoms with van der Waals surface area (Å²) in [5.74, 6) is -0.281. The first-order valence-electron chi connectivity index (χ1n) is 6.65. The van der Waals surface area contributed by atoms with Gasteiger partial charge >= 0.3 is 0 Å². The molecule has 4 nitrogen and oxygen atoms in total. The Morgan fingerprint density at radius 2 is 1.95 bits per heavy atom.